The van der Waals surface area contributed by atoms with E-state index in [2.05, 4.69) is 77.8 Å². The van der Waals surface area contributed by atoms with Gasteiger partial charge in [-0.2, -0.15) is 5.10 Å². The number of aryl methyl sites for hydroxylation is 1. The zero-order valence-corrected chi connectivity index (χ0v) is 27.1. The van der Waals surface area contributed by atoms with Gasteiger partial charge in [-0.05, 0) is 83.5 Å². The third kappa shape index (κ3) is 7.51. The Hall–Kier alpha value is -5.25. The number of aromatic amines is 1. The van der Waals surface area contributed by atoms with Crippen LogP contribution in [0.1, 0.15) is 64.0 Å². The highest BCUT2D eigenvalue weighted by molar-refractivity contribution is 6.04. The third-order valence-electron chi connectivity index (χ3n) is 7.67. The average molecular weight is 620 g/mol. The number of anilines is 2. The van der Waals surface area contributed by atoms with Crippen molar-refractivity contribution in [2.75, 3.05) is 23.4 Å². The Morgan fingerprint density at radius 1 is 1.04 bits per heavy atom. The molecule has 2 aromatic carbocycles. The lowest BCUT2D eigenvalue weighted by Gasteiger charge is -2.27. The Bertz CT molecular complexity index is 1860. The van der Waals surface area contributed by atoms with Gasteiger partial charge in [-0.25, -0.2) is 14.8 Å². The zero-order chi connectivity index (χ0) is 32.8. The average Bonchev–Trinajstić information content (AvgIpc) is 3.55. The van der Waals surface area contributed by atoms with Gasteiger partial charge in [0.2, 0.25) is 0 Å². The van der Waals surface area contributed by atoms with Gasteiger partial charge < -0.3 is 15.0 Å². The second-order valence-corrected chi connectivity index (χ2v) is 12.1. The van der Waals surface area contributed by atoms with Gasteiger partial charge in [0.25, 0.3) is 5.56 Å². The first kappa shape index (κ1) is 32.2. The van der Waals surface area contributed by atoms with E-state index in [1.165, 1.54) is 11.2 Å². The molecule has 0 bridgehead atoms. The summed E-state index contributed by atoms with van der Waals surface area (Å²) in [6.07, 6.45) is 5.65. The lowest BCUT2D eigenvalue weighted by Crippen LogP contribution is -2.39. The highest BCUT2D eigenvalue weighted by Crippen LogP contribution is 2.38. The number of fused-ring (bicyclic) bond motifs is 1. The minimum absolute atomic E-state index is 0.105. The predicted molar refractivity (Wildman–Crippen MR) is 184 cm³/mol. The van der Waals surface area contributed by atoms with E-state index < -0.39 is 11.6 Å². The summed E-state index contributed by atoms with van der Waals surface area (Å²) in [5.74, 6) is 0.999. The van der Waals surface area contributed by atoms with Crippen LogP contribution in [0.2, 0.25) is 0 Å². The van der Waals surface area contributed by atoms with Crippen molar-refractivity contribution in [2.45, 2.75) is 59.4 Å². The number of pyridine rings is 2. The maximum absolute atomic E-state index is 14.1. The van der Waals surface area contributed by atoms with E-state index in [-0.39, 0.29) is 24.1 Å². The summed E-state index contributed by atoms with van der Waals surface area (Å²) in [5, 5.41) is 8.06. The first-order chi connectivity index (χ1) is 22.1. The Balaban J connectivity index is 1.45. The number of carbonyl (C=O) groups is 1. The molecule has 0 saturated carbocycles. The van der Waals surface area contributed by atoms with Gasteiger partial charge >= 0.3 is 6.03 Å². The highest BCUT2D eigenvalue weighted by atomic mass is 16.5. The summed E-state index contributed by atoms with van der Waals surface area (Å²) in [4.78, 5) is 39.7. The van der Waals surface area contributed by atoms with Crippen molar-refractivity contribution in [3.8, 4) is 16.9 Å². The fourth-order valence-corrected chi connectivity index (χ4v) is 5.37. The van der Waals surface area contributed by atoms with Crippen molar-refractivity contribution in [3.63, 3.8) is 0 Å². The molecule has 5 aromatic rings. The molecular weight excluding hydrogens is 578 g/mol. The number of hydrogen-bond donors (Lipinski definition) is 2. The molecule has 2 N–H and O–H groups in total. The summed E-state index contributed by atoms with van der Waals surface area (Å²) in [7, 11) is 0. The van der Waals surface area contributed by atoms with Crippen LogP contribution in [0.5, 0.6) is 5.75 Å². The normalized spacial score (nSPS) is 11.3. The SMILES string of the molecule is C=C(C)CN(C(=O)Nc1c(C(C)C)cc(-c2cccc(OCCCn3cncn3)c2)cc1C(C)C)c1cc2cccnc2[nH]c1=O. The second-order valence-electron chi connectivity index (χ2n) is 12.1. The fourth-order valence-electron chi connectivity index (χ4n) is 5.37. The van der Waals surface area contributed by atoms with Crippen molar-refractivity contribution in [1.82, 2.24) is 24.7 Å². The minimum Gasteiger partial charge on any atom is -0.494 e. The van der Waals surface area contributed by atoms with Crippen LogP contribution in [0.25, 0.3) is 22.2 Å². The summed E-state index contributed by atoms with van der Waals surface area (Å²) < 4.78 is 7.86. The number of nitrogens with zero attached hydrogens (tertiary/aromatic N) is 5. The molecule has 0 atom stereocenters. The van der Waals surface area contributed by atoms with Gasteiger partial charge in [-0.15, -0.1) is 0 Å². The van der Waals surface area contributed by atoms with Gasteiger partial charge in [0.1, 0.15) is 29.7 Å². The van der Waals surface area contributed by atoms with Crippen molar-refractivity contribution < 1.29 is 9.53 Å². The number of benzene rings is 2. The van der Waals surface area contributed by atoms with Crippen LogP contribution < -0.4 is 20.5 Å². The molecule has 3 aromatic heterocycles. The molecule has 10 heteroatoms. The standard InChI is InChI=1S/C36H41N7O3/c1-23(2)20-43(32-19-27-11-8-13-38-34(27)41-35(32)44)36(45)40-33-30(24(3)4)17-28(18-31(33)25(5)6)26-10-7-12-29(16-26)46-15-9-14-42-22-37-21-39-42/h7-8,10-13,16-19,21-22,24-25H,1,9,14-15,20H2,2-6H3,(H,40,45)(H,38,41,44). The molecule has 0 aliphatic heterocycles. The van der Waals surface area contributed by atoms with Crippen molar-refractivity contribution in [2.24, 2.45) is 0 Å². The Kier molecular flexibility index (Phi) is 9.95. The molecule has 46 heavy (non-hydrogen) atoms. The Morgan fingerprint density at radius 3 is 2.48 bits per heavy atom. The van der Waals surface area contributed by atoms with Crippen LogP contribution in [0.3, 0.4) is 0 Å². The molecule has 0 fully saturated rings. The van der Waals surface area contributed by atoms with Crippen LogP contribution in [0.4, 0.5) is 16.2 Å². The Labute approximate surface area is 269 Å². The minimum atomic E-state index is -0.408. The molecule has 2 amide bonds. The van der Waals surface area contributed by atoms with E-state index >= 15 is 0 Å². The summed E-state index contributed by atoms with van der Waals surface area (Å²) >= 11 is 0. The number of amides is 2. The second kappa shape index (κ2) is 14.2. The molecule has 238 valence electrons. The van der Waals surface area contributed by atoms with Gasteiger partial charge in [-0.3, -0.25) is 14.4 Å². The molecular formula is C36H41N7O3. The smallest absolute Gasteiger partial charge is 0.326 e. The van der Waals surface area contributed by atoms with Crippen LogP contribution in [-0.4, -0.2) is 43.9 Å². The molecule has 0 radical (unpaired) electrons. The van der Waals surface area contributed by atoms with Gasteiger partial charge in [0.15, 0.2) is 0 Å². The first-order valence-electron chi connectivity index (χ1n) is 15.5. The molecule has 0 saturated heterocycles. The molecule has 0 aliphatic rings. The zero-order valence-electron chi connectivity index (χ0n) is 27.1. The molecule has 3 heterocycles. The van der Waals surface area contributed by atoms with Gasteiger partial charge in [0, 0.05) is 36.8 Å². The van der Waals surface area contributed by atoms with Crippen LogP contribution >= 0.6 is 0 Å². The van der Waals surface area contributed by atoms with Gasteiger partial charge in [0.05, 0.1) is 6.61 Å². The quantitative estimate of drug-likeness (QED) is 0.110. The number of ether oxygens (including phenoxy) is 1. The number of carbonyl (C=O) groups excluding carboxylic acids is 1. The topological polar surface area (TPSA) is 118 Å². The first-order valence-corrected chi connectivity index (χ1v) is 15.5. The lowest BCUT2D eigenvalue weighted by molar-refractivity contribution is 0.257. The monoisotopic (exact) mass is 619 g/mol. The summed E-state index contributed by atoms with van der Waals surface area (Å²) in [6.45, 7) is 15.8. The summed E-state index contributed by atoms with van der Waals surface area (Å²) in [6, 6.07) is 17.3. The summed E-state index contributed by atoms with van der Waals surface area (Å²) in [5.41, 5.74) is 5.86. The molecule has 0 aliphatic carbocycles. The van der Waals surface area contributed by atoms with Crippen LogP contribution in [0.15, 0.2) is 90.4 Å². The maximum atomic E-state index is 14.1. The van der Waals surface area contributed by atoms with E-state index in [4.69, 9.17) is 4.74 Å². The molecule has 0 unspecified atom stereocenters. The van der Waals surface area contributed by atoms with Crippen molar-refractivity contribution >= 4 is 28.4 Å². The molecule has 10 nitrogen and oxygen atoms in total. The maximum Gasteiger partial charge on any atom is 0.326 e. The van der Waals surface area contributed by atoms with Crippen LogP contribution in [0, 0.1) is 0 Å². The lowest BCUT2D eigenvalue weighted by atomic mass is 9.88. The third-order valence-corrected chi connectivity index (χ3v) is 7.67. The fraction of sp³-hybridized carbons (Fsp3) is 0.306. The number of H-pyrrole nitrogens is 1. The van der Waals surface area contributed by atoms with E-state index in [1.807, 2.05) is 31.2 Å². The number of nitrogens with one attached hydrogen (secondary N) is 2. The highest BCUT2D eigenvalue weighted by Gasteiger charge is 2.24. The van der Waals surface area contributed by atoms with Gasteiger partial charge in [-0.1, -0.05) is 52.0 Å². The van der Waals surface area contributed by atoms with E-state index in [1.54, 1.807) is 29.3 Å². The number of urea groups is 1. The molecule has 5 rings (SSSR count). The van der Waals surface area contributed by atoms with E-state index in [9.17, 15) is 9.59 Å². The largest absolute Gasteiger partial charge is 0.494 e. The van der Waals surface area contributed by atoms with E-state index in [0.717, 1.165) is 57.6 Å². The van der Waals surface area contributed by atoms with Crippen LogP contribution in [-0.2, 0) is 6.54 Å². The number of aromatic nitrogens is 5. The Morgan fingerprint density at radius 2 is 1.80 bits per heavy atom. The predicted octanol–water partition coefficient (Wildman–Crippen LogP) is 7.51. The number of hydrogen-bond acceptors (Lipinski definition) is 6. The van der Waals surface area contributed by atoms with Crippen molar-refractivity contribution in [3.05, 3.63) is 107 Å². The van der Waals surface area contributed by atoms with Crippen molar-refractivity contribution in [1.29, 1.82) is 0 Å². The van der Waals surface area contributed by atoms with E-state index in [0.29, 0.717) is 12.3 Å². The molecule has 0 spiro atoms. The number of rotatable bonds is 12.